The Morgan fingerprint density at radius 1 is 1.16 bits per heavy atom. The van der Waals surface area contributed by atoms with Gasteiger partial charge in [0.15, 0.2) is 5.69 Å². The number of rotatable bonds is 3. The monoisotopic (exact) mass is 351 g/mol. The zero-order chi connectivity index (χ0) is 18.0. The molecule has 25 heavy (non-hydrogen) atoms. The molecule has 3 rings (SSSR count). The van der Waals surface area contributed by atoms with Crippen molar-refractivity contribution in [3.8, 4) is 5.69 Å². The maximum Gasteiger partial charge on any atom is 0.434 e. The third-order valence-electron chi connectivity index (χ3n) is 4.63. The summed E-state index contributed by atoms with van der Waals surface area (Å²) in [5, 5.41) is 6.56. The first-order chi connectivity index (χ1) is 11.9. The van der Waals surface area contributed by atoms with Crippen molar-refractivity contribution in [3.05, 3.63) is 47.8 Å². The minimum atomic E-state index is -4.68. The first kappa shape index (κ1) is 17.5. The van der Waals surface area contributed by atoms with E-state index in [4.69, 9.17) is 0 Å². The van der Waals surface area contributed by atoms with Crippen molar-refractivity contribution >= 4 is 5.91 Å². The number of hydrogen-bond acceptors (Lipinski definition) is 2. The van der Waals surface area contributed by atoms with E-state index in [1.807, 2.05) is 0 Å². The molecular formula is C18H20F3N3O. The molecule has 1 aromatic heterocycles. The van der Waals surface area contributed by atoms with Crippen LogP contribution in [0.3, 0.4) is 0 Å². The molecule has 1 amide bonds. The smallest absolute Gasteiger partial charge is 0.349 e. The lowest BCUT2D eigenvalue weighted by molar-refractivity contribution is -0.143. The summed E-state index contributed by atoms with van der Waals surface area (Å²) in [7, 11) is 0. The van der Waals surface area contributed by atoms with Crippen LogP contribution in [0.4, 0.5) is 13.2 Å². The quantitative estimate of drug-likeness (QED) is 0.901. The van der Waals surface area contributed by atoms with Gasteiger partial charge in [-0.15, -0.1) is 0 Å². The molecule has 0 bridgehead atoms. The van der Waals surface area contributed by atoms with Crippen LogP contribution in [0.15, 0.2) is 36.5 Å². The van der Waals surface area contributed by atoms with Crippen LogP contribution in [-0.2, 0) is 6.18 Å². The molecule has 7 heteroatoms. The third kappa shape index (κ3) is 3.86. The molecule has 1 N–H and O–H groups in total. The number of para-hydroxylation sites is 1. The molecule has 1 fully saturated rings. The summed E-state index contributed by atoms with van der Waals surface area (Å²) in [6.45, 7) is 2.14. The van der Waals surface area contributed by atoms with Crippen LogP contribution in [0.25, 0.3) is 5.69 Å². The van der Waals surface area contributed by atoms with Gasteiger partial charge in [0.1, 0.15) is 0 Å². The van der Waals surface area contributed by atoms with Crippen LogP contribution in [-0.4, -0.2) is 21.7 Å². The maximum atomic E-state index is 13.6. The van der Waals surface area contributed by atoms with Crippen LogP contribution in [0.5, 0.6) is 0 Å². The van der Waals surface area contributed by atoms with Gasteiger partial charge in [0.25, 0.3) is 5.91 Å². The summed E-state index contributed by atoms with van der Waals surface area (Å²) in [4.78, 5) is 12.4. The average molecular weight is 351 g/mol. The number of nitrogens with zero attached hydrogens (tertiary/aromatic N) is 2. The van der Waals surface area contributed by atoms with E-state index in [0.29, 0.717) is 5.92 Å². The van der Waals surface area contributed by atoms with E-state index in [9.17, 15) is 18.0 Å². The second-order valence-corrected chi connectivity index (χ2v) is 6.58. The molecule has 4 nitrogen and oxygen atoms in total. The lowest BCUT2D eigenvalue weighted by atomic mass is 9.87. The standard InChI is InChI=1S/C18H20F3N3O/c1-12-7-9-13(10-8-12)23-17(25)15-11-22-24(16(15)18(19,20)21)14-5-3-2-4-6-14/h2-6,11-13H,7-10H2,1H3,(H,23,25). The van der Waals surface area contributed by atoms with Gasteiger partial charge in [-0.25, -0.2) is 4.68 Å². The van der Waals surface area contributed by atoms with Crippen molar-refractivity contribution in [1.29, 1.82) is 0 Å². The molecule has 0 unspecified atom stereocenters. The van der Waals surface area contributed by atoms with E-state index in [1.165, 1.54) is 12.1 Å². The molecule has 1 aliphatic rings. The number of nitrogens with one attached hydrogen (secondary N) is 1. The van der Waals surface area contributed by atoms with Crippen LogP contribution < -0.4 is 5.32 Å². The summed E-state index contributed by atoms with van der Waals surface area (Å²) in [6.07, 6.45) is -0.153. The number of amides is 1. The minimum Gasteiger partial charge on any atom is -0.349 e. The van der Waals surface area contributed by atoms with Crippen LogP contribution in [0.1, 0.15) is 48.7 Å². The number of hydrogen-bond donors (Lipinski definition) is 1. The van der Waals surface area contributed by atoms with Gasteiger partial charge in [-0.3, -0.25) is 4.79 Å². The van der Waals surface area contributed by atoms with E-state index in [1.54, 1.807) is 18.2 Å². The summed E-state index contributed by atoms with van der Waals surface area (Å²) in [5.74, 6) is -0.117. The Bertz CT molecular complexity index is 732. The van der Waals surface area contributed by atoms with Gasteiger partial charge in [0, 0.05) is 6.04 Å². The Balaban J connectivity index is 1.88. The summed E-state index contributed by atoms with van der Waals surface area (Å²) in [5.41, 5.74) is -1.21. The fraction of sp³-hybridized carbons (Fsp3) is 0.444. The number of carbonyl (C=O) groups is 1. The zero-order valence-electron chi connectivity index (χ0n) is 13.9. The van der Waals surface area contributed by atoms with Crippen LogP contribution >= 0.6 is 0 Å². The molecule has 0 atom stereocenters. The molecule has 2 aromatic rings. The Hall–Kier alpha value is -2.31. The largest absolute Gasteiger partial charge is 0.434 e. The number of halogens is 3. The van der Waals surface area contributed by atoms with E-state index < -0.39 is 23.3 Å². The molecular weight excluding hydrogens is 331 g/mol. The lowest BCUT2D eigenvalue weighted by Gasteiger charge is -2.27. The second-order valence-electron chi connectivity index (χ2n) is 6.58. The molecule has 0 spiro atoms. The van der Waals surface area contributed by atoms with E-state index in [0.717, 1.165) is 36.6 Å². The van der Waals surface area contributed by atoms with Gasteiger partial charge in [-0.05, 0) is 43.7 Å². The highest BCUT2D eigenvalue weighted by molar-refractivity contribution is 5.95. The average Bonchev–Trinajstić information content (AvgIpc) is 3.03. The fourth-order valence-electron chi connectivity index (χ4n) is 3.22. The van der Waals surface area contributed by atoms with E-state index >= 15 is 0 Å². The van der Waals surface area contributed by atoms with Crippen molar-refractivity contribution in [3.63, 3.8) is 0 Å². The van der Waals surface area contributed by atoms with Gasteiger partial charge in [-0.2, -0.15) is 18.3 Å². The lowest BCUT2D eigenvalue weighted by Crippen LogP contribution is -2.38. The first-order valence-corrected chi connectivity index (χ1v) is 8.37. The van der Waals surface area contributed by atoms with Gasteiger partial charge < -0.3 is 5.32 Å². The van der Waals surface area contributed by atoms with Gasteiger partial charge in [-0.1, -0.05) is 25.1 Å². The first-order valence-electron chi connectivity index (χ1n) is 8.37. The predicted molar refractivity (Wildman–Crippen MR) is 87.5 cm³/mol. The third-order valence-corrected chi connectivity index (χ3v) is 4.63. The highest BCUT2D eigenvalue weighted by Crippen LogP contribution is 2.34. The highest BCUT2D eigenvalue weighted by atomic mass is 19.4. The van der Waals surface area contributed by atoms with E-state index in [2.05, 4.69) is 17.3 Å². The van der Waals surface area contributed by atoms with Crippen molar-refractivity contribution < 1.29 is 18.0 Å². The fourth-order valence-corrected chi connectivity index (χ4v) is 3.22. The van der Waals surface area contributed by atoms with Crippen LogP contribution in [0, 0.1) is 5.92 Å². The predicted octanol–water partition coefficient (Wildman–Crippen LogP) is 4.20. The minimum absolute atomic E-state index is 0.0788. The Labute approximate surface area is 144 Å². The molecule has 1 saturated carbocycles. The maximum absolute atomic E-state index is 13.6. The normalized spacial score (nSPS) is 21.1. The van der Waals surface area contributed by atoms with Gasteiger partial charge in [0.05, 0.1) is 17.4 Å². The van der Waals surface area contributed by atoms with Gasteiger partial charge >= 0.3 is 6.18 Å². The van der Waals surface area contributed by atoms with Gasteiger partial charge in [0.2, 0.25) is 0 Å². The molecule has 0 aliphatic heterocycles. The molecule has 1 heterocycles. The second kappa shape index (κ2) is 6.90. The molecule has 1 aromatic carbocycles. The molecule has 134 valence electrons. The van der Waals surface area contributed by atoms with Crippen molar-refractivity contribution in [2.45, 2.75) is 44.8 Å². The number of carbonyl (C=O) groups excluding carboxylic acids is 1. The van der Waals surface area contributed by atoms with Crippen molar-refractivity contribution in [2.75, 3.05) is 0 Å². The number of benzene rings is 1. The SMILES string of the molecule is CC1CCC(NC(=O)c2cnn(-c3ccccc3)c2C(F)(F)F)CC1. The number of alkyl halides is 3. The highest BCUT2D eigenvalue weighted by Gasteiger charge is 2.40. The van der Waals surface area contributed by atoms with Crippen molar-refractivity contribution in [1.82, 2.24) is 15.1 Å². The molecule has 0 saturated heterocycles. The Morgan fingerprint density at radius 3 is 2.40 bits per heavy atom. The van der Waals surface area contributed by atoms with Crippen LogP contribution in [0.2, 0.25) is 0 Å². The summed E-state index contributed by atoms with van der Waals surface area (Å²) in [6, 6.07) is 7.92. The zero-order valence-corrected chi connectivity index (χ0v) is 13.9. The summed E-state index contributed by atoms with van der Waals surface area (Å²) >= 11 is 0. The number of aromatic nitrogens is 2. The van der Waals surface area contributed by atoms with E-state index in [-0.39, 0.29) is 11.7 Å². The Morgan fingerprint density at radius 2 is 1.80 bits per heavy atom. The van der Waals surface area contributed by atoms with Crippen molar-refractivity contribution in [2.24, 2.45) is 5.92 Å². The molecule has 1 aliphatic carbocycles. The molecule has 0 radical (unpaired) electrons. The summed E-state index contributed by atoms with van der Waals surface area (Å²) < 4.78 is 41.5. The topological polar surface area (TPSA) is 46.9 Å². The Kier molecular flexibility index (Phi) is 4.83.